The molecule has 2 aromatic rings. The Kier molecular flexibility index (Phi) is 3.50. The van der Waals surface area contributed by atoms with Crippen LogP contribution in [0, 0.1) is 24.0 Å². The number of anilines is 1. The van der Waals surface area contributed by atoms with Gasteiger partial charge in [0, 0.05) is 12.6 Å². The molecule has 0 bridgehead atoms. The maximum absolute atomic E-state index is 11.1. The highest BCUT2D eigenvalue weighted by Crippen LogP contribution is 2.28. The van der Waals surface area contributed by atoms with Gasteiger partial charge in [-0.1, -0.05) is 5.16 Å². The zero-order valence-electron chi connectivity index (χ0n) is 11.0. The van der Waals surface area contributed by atoms with Crippen LogP contribution in [0.2, 0.25) is 0 Å². The molecule has 0 saturated carbocycles. The minimum Gasteiger partial charge on any atom is -0.361 e. The molecule has 2 aromatic heterocycles. The van der Waals surface area contributed by atoms with E-state index in [4.69, 9.17) is 4.52 Å². The fraction of sp³-hybridized carbons (Fsp3) is 0.455. The summed E-state index contributed by atoms with van der Waals surface area (Å²) < 4.78 is 6.52. The number of rotatable bonds is 5. The Hall–Kier alpha value is -2.38. The van der Waals surface area contributed by atoms with Crippen LogP contribution in [0.1, 0.15) is 24.1 Å². The quantitative estimate of drug-likeness (QED) is 0.656. The lowest BCUT2D eigenvalue weighted by Gasteiger charge is -2.05. The molecule has 102 valence electrons. The smallest absolute Gasteiger partial charge is 0.333 e. The summed E-state index contributed by atoms with van der Waals surface area (Å²) in [5, 5.41) is 22.0. The van der Waals surface area contributed by atoms with Gasteiger partial charge in [0.05, 0.1) is 11.5 Å². The molecule has 0 radical (unpaired) electrons. The molecule has 0 spiro atoms. The van der Waals surface area contributed by atoms with E-state index in [0.717, 1.165) is 0 Å². The predicted molar refractivity (Wildman–Crippen MR) is 67.9 cm³/mol. The maximum Gasteiger partial charge on any atom is 0.333 e. The van der Waals surface area contributed by atoms with Gasteiger partial charge in [-0.15, -0.1) is 0 Å². The first-order valence-electron chi connectivity index (χ1n) is 5.90. The number of hydrogen-bond donors (Lipinski definition) is 1. The van der Waals surface area contributed by atoms with Crippen molar-refractivity contribution < 1.29 is 9.45 Å². The van der Waals surface area contributed by atoms with E-state index < -0.39 is 4.92 Å². The maximum atomic E-state index is 11.1. The van der Waals surface area contributed by atoms with Gasteiger partial charge in [-0.05, 0) is 20.8 Å². The van der Waals surface area contributed by atoms with Gasteiger partial charge in [0.25, 0.3) is 0 Å². The largest absolute Gasteiger partial charge is 0.361 e. The summed E-state index contributed by atoms with van der Waals surface area (Å²) in [6.45, 7) is 6.19. The van der Waals surface area contributed by atoms with Crippen LogP contribution in [0.25, 0.3) is 0 Å². The Labute approximate surface area is 109 Å². The van der Waals surface area contributed by atoms with Crippen molar-refractivity contribution in [2.24, 2.45) is 0 Å². The van der Waals surface area contributed by atoms with Crippen LogP contribution in [0.15, 0.2) is 10.6 Å². The molecule has 19 heavy (non-hydrogen) atoms. The van der Waals surface area contributed by atoms with Crippen LogP contribution in [-0.4, -0.2) is 19.9 Å². The summed E-state index contributed by atoms with van der Waals surface area (Å²) in [5.41, 5.74) is 1.08. The third-order valence-electron chi connectivity index (χ3n) is 2.69. The van der Waals surface area contributed by atoms with E-state index in [9.17, 15) is 10.1 Å². The van der Waals surface area contributed by atoms with E-state index in [0.29, 0.717) is 36.1 Å². The minimum absolute atomic E-state index is 0.00191. The second-order valence-electron chi connectivity index (χ2n) is 4.14. The van der Waals surface area contributed by atoms with Crippen LogP contribution >= 0.6 is 0 Å². The molecule has 8 nitrogen and oxygen atoms in total. The lowest BCUT2D eigenvalue weighted by molar-refractivity contribution is -0.384. The molecule has 2 heterocycles. The van der Waals surface area contributed by atoms with Crippen molar-refractivity contribution in [2.45, 2.75) is 33.9 Å². The lowest BCUT2D eigenvalue weighted by atomic mass is 10.3. The summed E-state index contributed by atoms with van der Waals surface area (Å²) in [4.78, 5) is 10.6. The summed E-state index contributed by atoms with van der Waals surface area (Å²) in [6, 6.07) is 1.78. The predicted octanol–water partition coefficient (Wildman–Crippen LogP) is 2.03. The van der Waals surface area contributed by atoms with E-state index >= 15 is 0 Å². The van der Waals surface area contributed by atoms with Crippen LogP contribution < -0.4 is 5.32 Å². The Morgan fingerprint density at radius 1 is 1.53 bits per heavy atom. The average molecular weight is 265 g/mol. The standard InChI is InChI=1S/C11H15N5O3/c1-4-15-11(10(16(17)18)8(3)13-15)12-6-9-5-7(2)19-14-9/h5,12H,4,6H2,1-3H3. The molecule has 1 N–H and O–H groups in total. The van der Waals surface area contributed by atoms with Crippen molar-refractivity contribution in [3.05, 3.63) is 33.3 Å². The minimum atomic E-state index is -0.426. The van der Waals surface area contributed by atoms with Crippen molar-refractivity contribution in [2.75, 3.05) is 5.32 Å². The van der Waals surface area contributed by atoms with Gasteiger partial charge in [0.2, 0.25) is 5.82 Å². The van der Waals surface area contributed by atoms with E-state index in [1.165, 1.54) is 0 Å². The van der Waals surface area contributed by atoms with Crippen molar-refractivity contribution in [1.82, 2.24) is 14.9 Å². The Bertz CT molecular complexity index is 601. The summed E-state index contributed by atoms with van der Waals surface area (Å²) in [6.07, 6.45) is 0. The number of aromatic nitrogens is 3. The van der Waals surface area contributed by atoms with Crippen LogP contribution in [0.5, 0.6) is 0 Å². The first-order chi connectivity index (χ1) is 9.02. The average Bonchev–Trinajstić information content (AvgIpc) is 2.89. The second-order valence-corrected chi connectivity index (χ2v) is 4.14. The summed E-state index contributed by atoms with van der Waals surface area (Å²) in [7, 11) is 0. The van der Waals surface area contributed by atoms with Crippen LogP contribution in [-0.2, 0) is 13.1 Å². The molecule has 0 aromatic carbocycles. The van der Waals surface area contributed by atoms with Gasteiger partial charge >= 0.3 is 5.69 Å². The normalized spacial score (nSPS) is 10.7. The lowest BCUT2D eigenvalue weighted by Crippen LogP contribution is -2.08. The SMILES string of the molecule is CCn1nc(C)c([N+](=O)[O-])c1NCc1cc(C)on1. The molecular formula is C11H15N5O3. The van der Waals surface area contributed by atoms with E-state index in [1.54, 1.807) is 24.6 Å². The molecule has 0 aliphatic heterocycles. The molecule has 0 amide bonds. The number of nitro groups is 1. The molecule has 0 atom stereocenters. The Morgan fingerprint density at radius 2 is 2.26 bits per heavy atom. The highest BCUT2D eigenvalue weighted by molar-refractivity contribution is 5.59. The molecule has 0 aliphatic carbocycles. The van der Waals surface area contributed by atoms with Crippen LogP contribution in [0.3, 0.4) is 0 Å². The highest BCUT2D eigenvalue weighted by atomic mass is 16.6. The van der Waals surface area contributed by atoms with Crippen molar-refractivity contribution >= 4 is 11.5 Å². The zero-order chi connectivity index (χ0) is 14.0. The Balaban J connectivity index is 2.25. The molecule has 2 rings (SSSR count). The van der Waals surface area contributed by atoms with Gasteiger partial charge in [0.1, 0.15) is 17.1 Å². The van der Waals surface area contributed by atoms with Crippen molar-refractivity contribution in [3.8, 4) is 0 Å². The van der Waals surface area contributed by atoms with Crippen LogP contribution in [0.4, 0.5) is 11.5 Å². The second kappa shape index (κ2) is 5.09. The Morgan fingerprint density at radius 3 is 2.79 bits per heavy atom. The first-order valence-corrected chi connectivity index (χ1v) is 5.90. The molecule has 0 saturated heterocycles. The summed E-state index contributed by atoms with van der Waals surface area (Å²) >= 11 is 0. The van der Waals surface area contributed by atoms with E-state index in [2.05, 4.69) is 15.6 Å². The third kappa shape index (κ3) is 2.56. The van der Waals surface area contributed by atoms with Crippen molar-refractivity contribution in [3.63, 3.8) is 0 Å². The van der Waals surface area contributed by atoms with Crippen molar-refractivity contribution in [1.29, 1.82) is 0 Å². The van der Waals surface area contributed by atoms with Gasteiger partial charge in [-0.25, -0.2) is 4.68 Å². The van der Waals surface area contributed by atoms with Gasteiger partial charge in [0.15, 0.2) is 0 Å². The molecule has 8 heteroatoms. The number of aryl methyl sites for hydroxylation is 3. The van der Waals surface area contributed by atoms with Gasteiger partial charge < -0.3 is 9.84 Å². The number of nitrogens with one attached hydrogen (secondary N) is 1. The molecule has 0 unspecified atom stereocenters. The first kappa shape index (κ1) is 13.1. The molecule has 0 fully saturated rings. The highest BCUT2D eigenvalue weighted by Gasteiger charge is 2.24. The third-order valence-corrected chi connectivity index (χ3v) is 2.69. The van der Waals surface area contributed by atoms with Gasteiger partial charge in [-0.2, -0.15) is 5.10 Å². The number of nitrogens with zero attached hydrogens (tertiary/aromatic N) is 4. The summed E-state index contributed by atoms with van der Waals surface area (Å²) in [5.74, 6) is 1.09. The fourth-order valence-electron chi connectivity index (χ4n) is 1.87. The fourth-order valence-corrected chi connectivity index (χ4v) is 1.87. The van der Waals surface area contributed by atoms with Gasteiger partial charge in [-0.3, -0.25) is 10.1 Å². The van der Waals surface area contributed by atoms with E-state index in [-0.39, 0.29) is 5.69 Å². The topological polar surface area (TPSA) is 99.0 Å². The van der Waals surface area contributed by atoms with E-state index in [1.807, 2.05) is 6.92 Å². The number of hydrogen-bond acceptors (Lipinski definition) is 6. The monoisotopic (exact) mass is 265 g/mol. The molecule has 0 aliphatic rings. The molecular weight excluding hydrogens is 250 g/mol. The zero-order valence-corrected chi connectivity index (χ0v) is 11.0.